The minimum absolute atomic E-state index is 0.0109. The predicted molar refractivity (Wildman–Crippen MR) is 75.9 cm³/mol. The zero-order chi connectivity index (χ0) is 14.4. The molecule has 110 valence electrons. The lowest BCUT2D eigenvalue weighted by Crippen LogP contribution is -2.33. The SMILES string of the molecule is CC(C)Oc1ncccc1C(=O)NC[C@@H]1CCCOC1. The molecule has 0 unspecified atom stereocenters. The molecule has 5 heteroatoms. The Morgan fingerprint density at radius 2 is 2.45 bits per heavy atom. The van der Waals surface area contributed by atoms with E-state index in [0.717, 1.165) is 26.1 Å². The minimum Gasteiger partial charge on any atom is -0.474 e. The average Bonchev–Trinajstić information content (AvgIpc) is 2.46. The van der Waals surface area contributed by atoms with Crippen molar-refractivity contribution in [2.75, 3.05) is 19.8 Å². The fraction of sp³-hybridized carbons (Fsp3) is 0.600. The largest absolute Gasteiger partial charge is 0.474 e. The number of ether oxygens (including phenoxy) is 2. The van der Waals surface area contributed by atoms with Gasteiger partial charge in [-0.3, -0.25) is 4.79 Å². The summed E-state index contributed by atoms with van der Waals surface area (Å²) < 4.78 is 11.0. The molecule has 2 heterocycles. The molecular weight excluding hydrogens is 256 g/mol. The van der Waals surface area contributed by atoms with Gasteiger partial charge in [0.2, 0.25) is 5.88 Å². The van der Waals surface area contributed by atoms with Crippen molar-refractivity contribution in [1.29, 1.82) is 0 Å². The Morgan fingerprint density at radius 1 is 1.60 bits per heavy atom. The van der Waals surface area contributed by atoms with Crippen LogP contribution in [-0.2, 0) is 4.74 Å². The third kappa shape index (κ3) is 4.20. The summed E-state index contributed by atoms with van der Waals surface area (Å²) in [6, 6.07) is 3.48. The van der Waals surface area contributed by atoms with Gasteiger partial charge < -0.3 is 14.8 Å². The highest BCUT2D eigenvalue weighted by molar-refractivity contribution is 5.96. The highest BCUT2D eigenvalue weighted by Gasteiger charge is 2.18. The summed E-state index contributed by atoms with van der Waals surface area (Å²) >= 11 is 0. The third-order valence-corrected chi connectivity index (χ3v) is 3.17. The van der Waals surface area contributed by atoms with Gasteiger partial charge in [0.25, 0.3) is 5.91 Å². The molecule has 2 rings (SSSR count). The predicted octanol–water partition coefficient (Wildman–Crippen LogP) is 2.03. The van der Waals surface area contributed by atoms with Crippen LogP contribution in [0.15, 0.2) is 18.3 Å². The molecule has 1 amide bonds. The van der Waals surface area contributed by atoms with Gasteiger partial charge in [-0.25, -0.2) is 4.98 Å². The van der Waals surface area contributed by atoms with Gasteiger partial charge in [0.05, 0.1) is 12.7 Å². The lowest BCUT2D eigenvalue weighted by atomic mass is 10.0. The first-order valence-electron chi connectivity index (χ1n) is 7.14. The smallest absolute Gasteiger partial charge is 0.256 e. The summed E-state index contributed by atoms with van der Waals surface area (Å²) in [4.78, 5) is 16.3. The first-order valence-corrected chi connectivity index (χ1v) is 7.14. The van der Waals surface area contributed by atoms with E-state index >= 15 is 0 Å². The Morgan fingerprint density at radius 3 is 3.15 bits per heavy atom. The van der Waals surface area contributed by atoms with E-state index in [1.54, 1.807) is 18.3 Å². The summed E-state index contributed by atoms with van der Waals surface area (Å²) in [5, 5.41) is 2.94. The van der Waals surface area contributed by atoms with Crippen molar-refractivity contribution in [2.45, 2.75) is 32.8 Å². The van der Waals surface area contributed by atoms with Crippen LogP contribution < -0.4 is 10.1 Å². The molecule has 1 aromatic heterocycles. The number of rotatable bonds is 5. The summed E-state index contributed by atoms with van der Waals surface area (Å²) in [5.41, 5.74) is 0.484. The number of nitrogens with zero attached hydrogens (tertiary/aromatic N) is 1. The molecule has 0 aliphatic carbocycles. The molecule has 0 aromatic carbocycles. The molecule has 1 aromatic rings. The zero-order valence-corrected chi connectivity index (χ0v) is 12.1. The zero-order valence-electron chi connectivity index (χ0n) is 12.1. The molecule has 1 fully saturated rings. The highest BCUT2D eigenvalue weighted by atomic mass is 16.5. The van der Waals surface area contributed by atoms with Crippen LogP contribution >= 0.6 is 0 Å². The second-order valence-electron chi connectivity index (χ2n) is 5.32. The molecular formula is C15H22N2O3. The van der Waals surface area contributed by atoms with Crippen molar-refractivity contribution in [3.63, 3.8) is 0 Å². The van der Waals surface area contributed by atoms with Gasteiger partial charge in [0, 0.05) is 19.3 Å². The Bertz CT molecular complexity index is 442. The van der Waals surface area contributed by atoms with Crippen LogP contribution in [0.25, 0.3) is 0 Å². The summed E-state index contributed by atoms with van der Waals surface area (Å²) in [5.74, 6) is 0.651. The lowest BCUT2D eigenvalue weighted by molar-refractivity contribution is 0.0535. The Balaban J connectivity index is 1.94. The maximum Gasteiger partial charge on any atom is 0.256 e. The number of pyridine rings is 1. The van der Waals surface area contributed by atoms with Crippen molar-refractivity contribution in [3.8, 4) is 5.88 Å². The Labute approximate surface area is 119 Å². The van der Waals surface area contributed by atoms with Crippen LogP contribution in [0.5, 0.6) is 5.88 Å². The van der Waals surface area contributed by atoms with E-state index in [1.807, 2.05) is 13.8 Å². The van der Waals surface area contributed by atoms with Crippen LogP contribution in [-0.4, -0.2) is 36.8 Å². The normalized spacial score (nSPS) is 18.9. The van der Waals surface area contributed by atoms with Crippen LogP contribution in [0.4, 0.5) is 0 Å². The number of aromatic nitrogens is 1. The molecule has 1 aliphatic heterocycles. The van der Waals surface area contributed by atoms with Crippen LogP contribution in [0, 0.1) is 5.92 Å². The fourth-order valence-electron chi connectivity index (χ4n) is 2.18. The average molecular weight is 278 g/mol. The number of nitrogens with one attached hydrogen (secondary N) is 1. The standard InChI is InChI=1S/C15H22N2O3/c1-11(2)20-15-13(6-3-7-16-15)14(18)17-9-12-5-4-8-19-10-12/h3,6-7,11-12H,4-5,8-10H2,1-2H3,(H,17,18)/t12-/m0/s1. The van der Waals surface area contributed by atoms with Crippen LogP contribution in [0.3, 0.4) is 0 Å². The molecule has 0 spiro atoms. The summed E-state index contributed by atoms with van der Waals surface area (Å²) in [6.07, 6.45) is 3.78. The van der Waals surface area contributed by atoms with Gasteiger partial charge in [-0.15, -0.1) is 0 Å². The molecule has 0 saturated carbocycles. The van der Waals surface area contributed by atoms with Gasteiger partial charge >= 0.3 is 0 Å². The van der Waals surface area contributed by atoms with Crippen molar-refractivity contribution >= 4 is 5.91 Å². The second kappa shape index (κ2) is 7.24. The molecule has 0 radical (unpaired) electrons. The maximum absolute atomic E-state index is 12.2. The highest BCUT2D eigenvalue weighted by Crippen LogP contribution is 2.17. The number of hydrogen-bond acceptors (Lipinski definition) is 4. The molecule has 20 heavy (non-hydrogen) atoms. The van der Waals surface area contributed by atoms with Crippen molar-refractivity contribution in [2.24, 2.45) is 5.92 Å². The van der Waals surface area contributed by atoms with Gasteiger partial charge in [0.15, 0.2) is 0 Å². The van der Waals surface area contributed by atoms with E-state index in [2.05, 4.69) is 10.3 Å². The summed E-state index contributed by atoms with van der Waals surface area (Å²) in [6.45, 7) is 6.02. The molecule has 1 N–H and O–H groups in total. The number of carbonyl (C=O) groups excluding carboxylic acids is 1. The topological polar surface area (TPSA) is 60.5 Å². The first kappa shape index (κ1) is 14.8. The van der Waals surface area contributed by atoms with Gasteiger partial charge in [-0.1, -0.05) is 0 Å². The Hall–Kier alpha value is -1.62. The van der Waals surface area contributed by atoms with Crippen molar-refractivity contribution in [1.82, 2.24) is 10.3 Å². The third-order valence-electron chi connectivity index (χ3n) is 3.17. The van der Waals surface area contributed by atoms with E-state index in [9.17, 15) is 4.79 Å². The number of carbonyl (C=O) groups is 1. The number of hydrogen-bond donors (Lipinski definition) is 1. The molecule has 5 nitrogen and oxygen atoms in total. The minimum atomic E-state index is -0.140. The first-order chi connectivity index (χ1) is 9.66. The Kier molecular flexibility index (Phi) is 5.35. The second-order valence-corrected chi connectivity index (χ2v) is 5.32. The van der Waals surface area contributed by atoms with E-state index in [4.69, 9.17) is 9.47 Å². The van der Waals surface area contributed by atoms with Crippen LogP contribution in [0.2, 0.25) is 0 Å². The number of amides is 1. The molecule has 1 atom stereocenters. The van der Waals surface area contributed by atoms with Crippen LogP contribution in [0.1, 0.15) is 37.0 Å². The molecule has 1 saturated heterocycles. The van der Waals surface area contributed by atoms with E-state index in [1.165, 1.54) is 0 Å². The van der Waals surface area contributed by atoms with Crippen molar-refractivity contribution < 1.29 is 14.3 Å². The molecule has 1 aliphatic rings. The van der Waals surface area contributed by atoms with Crippen molar-refractivity contribution in [3.05, 3.63) is 23.9 Å². The quantitative estimate of drug-likeness (QED) is 0.895. The maximum atomic E-state index is 12.2. The lowest BCUT2D eigenvalue weighted by Gasteiger charge is -2.22. The van der Waals surface area contributed by atoms with E-state index in [0.29, 0.717) is 23.9 Å². The monoisotopic (exact) mass is 278 g/mol. The van der Waals surface area contributed by atoms with E-state index < -0.39 is 0 Å². The summed E-state index contributed by atoms with van der Waals surface area (Å²) in [7, 11) is 0. The fourth-order valence-corrected chi connectivity index (χ4v) is 2.18. The van der Waals surface area contributed by atoms with Gasteiger partial charge in [-0.2, -0.15) is 0 Å². The van der Waals surface area contributed by atoms with Gasteiger partial charge in [-0.05, 0) is 44.7 Å². The van der Waals surface area contributed by atoms with E-state index in [-0.39, 0.29) is 12.0 Å². The molecule has 0 bridgehead atoms. The van der Waals surface area contributed by atoms with Gasteiger partial charge in [0.1, 0.15) is 5.56 Å².